The zero-order valence-corrected chi connectivity index (χ0v) is 15.0. The van der Waals surface area contributed by atoms with Crippen molar-refractivity contribution < 1.29 is 22.8 Å². The first-order valence-corrected chi connectivity index (χ1v) is 8.94. The largest absolute Gasteiger partial charge is 0.392 e. The molecule has 1 aliphatic heterocycles. The Kier molecular flexibility index (Phi) is 5.71. The van der Waals surface area contributed by atoms with E-state index >= 15 is 0 Å². The minimum Gasteiger partial charge on any atom is -0.392 e. The maximum Gasteiger partial charge on any atom is 0.229 e. The van der Waals surface area contributed by atoms with Gasteiger partial charge in [0, 0.05) is 31.6 Å². The summed E-state index contributed by atoms with van der Waals surface area (Å²) in [5.41, 5.74) is 8.37. The van der Waals surface area contributed by atoms with E-state index < -0.39 is 29.5 Å². The number of amides is 1. The number of piperidine rings is 1. The van der Waals surface area contributed by atoms with Gasteiger partial charge < -0.3 is 15.5 Å². The van der Waals surface area contributed by atoms with Crippen LogP contribution >= 0.6 is 0 Å². The van der Waals surface area contributed by atoms with Gasteiger partial charge in [0.2, 0.25) is 11.8 Å². The molecule has 0 aromatic heterocycles. The fourth-order valence-electron chi connectivity index (χ4n) is 4.26. The smallest absolute Gasteiger partial charge is 0.229 e. The van der Waals surface area contributed by atoms with E-state index in [1.165, 1.54) is 0 Å². The second kappa shape index (κ2) is 7.85. The van der Waals surface area contributed by atoms with E-state index in [1.54, 1.807) is 11.9 Å². The van der Waals surface area contributed by atoms with Crippen molar-refractivity contribution >= 4 is 11.8 Å². The number of rotatable bonds is 6. The van der Waals surface area contributed by atoms with Gasteiger partial charge in [0.05, 0.1) is 0 Å². The molecule has 1 heterocycles. The van der Waals surface area contributed by atoms with Crippen molar-refractivity contribution in [1.29, 1.82) is 5.41 Å². The number of carbonyl (C=O) groups excluding carboxylic acids is 1. The molecule has 1 saturated heterocycles. The van der Waals surface area contributed by atoms with Gasteiger partial charge in [-0.05, 0) is 43.2 Å². The standard InChI is InChI=1S/C18H23F3N4O2/c1-24-27-18(23)17-9-2-3-12(5-9)25(17)16(26)7-11(22)4-10-6-14(20)15(21)8-13(10)19/h6,8-9,11-12,17,23-24H,2-5,7,22H2,1H3/t9?,11-,12?,17+/m1/s1. The number of nitrogens with two attached hydrogens (primary N) is 1. The highest BCUT2D eigenvalue weighted by molar-refractivity contribution is 5.87. The third-order valence-electron chi connectivity index (χ3n) is 5.36. The topological polar surface area (TPSA) is 91.4 Å². The number of carbonyl (C=O) groups is 1. The van der Waals surface area contributed by atoms with Gasteiger partial charge in [0.15, 0.2) is 11.6 Å². The number of nitrogens with one attached hydrogen (secondary N) is 2. The van der Waals surface area contributed by atoms with Gasteiger partial charge in [0.25, 0.3) is 0 Å². The summed E-state index contributed by atoms with van der Waals surface area (Å²) >= 11 is 0. The van der Waals surface area contributed by atoms with Crippen LogP contribution in [-0.4, -0.2) is 41.9 Å². The Morgan fingerprint density at radius 3 is 2.74 bits per heavy atom. The van der Waals surface area contributed by atoms with E-state index in [1.807, 2.05) is 0 Å². The molecule has 2 bridgehead atoms. The fourth-order valence-corrected chi connectivity index (χ4v) is 4.26. The first-order valence-electron chi connectivity index (χ1n) is 8.94. The summed E-state index contributed by atoms with van der Waals surface area (Å²) in [6.07, 6.45) is 2.45. The summed E-state index contributed by atoms with van der Waals surface area (Å²) in [5.74, 6) is -3.39. The van der Waals surface area contributed by atoms with Gasteiger partial charge in [-0.2, -0.15) is 5.48 Å². The molecular weight excluding hydrogens is 361 g/mol. The zero-order chi connectivity index (χ0) is 19.7. The van der Waals surface area contributed by atoms with Crippen LogP contribution < -0.4 is 11.2 Å². The lowest BCUT2D eigenvalue weighted by Crippen LogP contribution is -2.51. The minimum absolute atomic E-state index is 0.0155. The van der Waals surface area contributed by atoms with Gasteiger partial charge in [-0.15, -0.1) is 0 Å². The van der Waals surface area contributed by atoms with Crippen LogP contribution in [-0.2, 0) is 16.1 Å². The van der Waals surface area contributed by atoms with Crippen molar-refractivity contribution in [2.45, 2.75) is 50.2 Å². The third-order valence-corrected chi connectivity index (χ3v) is 5.36. The average Bonchev–Trinajstić information content (AvgIpc) is 3.21. The van der Waals surface area contributed by atoms with Gasteiger partial charge in [-0.1, -0.05) is 0 Å². The predicted molar refractivity (Wildman–Crippen MR) is 92.2 cm³/mol. The number of hydrogen-bond acceptors (Lipinski definition) is 5. The van der Waals surface area contributed by atoms with Crippen LogP contribution in [0, 0.1) is 28.8 Å². The molecule has 2 fully saturated rings. The van der Waals surface area contributed by atoms with E-state index in [-0.39, 0.29) is 42.2 Å². The molecule has 0 radical (unpaired) electrons. The van der Waals surface area contributed by atoms with Gasteiger partial charge in [-0.3, -0.25) is 10.2 Å². The SMILES string of the molecule is CNOC(=N)[C@@H]1C2CCC(C2)N1C(=O)C[C@H](N)Cc1cc(F)c(F)cc1F. The maximum absolute atomic E-state index is 13.8. The molecular formula is C18H23F3N4O2. The summed E-state index contributed by atoms with van der Waals surface area (Å²) in [6.45, 7) is 0. The van der Waals surface area contributed by atoms with Gasteiger partial charge in [-0.25, -0.2) is 13.2 Å². The molecule has 4 N–H and O–H groups in total. The highest BCUT2D eigenvalue weighted by atomic mass is 19.2. The van der Waals surface area contributed by atoms with Crippen molar-refractivity contribution in [3.63, 3.8) is 0 Å². The first-order chi connectivity index (χ1) is 12.8. The Labute approximate surface area is 155 Å². The van der Waals surface area contributed by atoms with Crippen molar-refractivity contribution in [3.05, 3.63) is 35.1 Å². The fraction of sp³-hybridized carbons (Fsp3) is 0.556. The number of benzene rings is 1. The van der Waals surface area contributed by atoms with Crippen LogP contribution in [0.15, 0.2) is 12.1 Å². The van der Waals surface area contributed by atoms with E-state index in [2.05, 4.69) is 5.48 Å². The second-order valence-corrected chi connectivity index (χ2v) is 7.17. The van der Waals surface area contributed by atoms with Crippen LogP contribution in [0.1, 0.15) is 31.2 Å². The Morgan fingerprint density at radius 2 is 2.04 bits per heavy atom. The van der Waals surface area contributed by atoms with Crippen LogP contribution in [0.4, 0.5) is 13.2 Å². The van der Waals surface area contributed by atoms with Crippen molar-refractivity contribution in [2.75, 3.05) is 7.05 Å². The molecule has 2 aliphatic rings. The number of likely N-dealkylation sites (tertiary alicyclic amines) is 1. The van der Waals surface area contributed by atoms with Gasteiger partial charge >= 0.3 is 0 Å². The molecule has 1 aliphatic carbocycles. The van der Waals surface area contributed by atoms with Crippen molar-refractivity contribution in [2.24, 2.45) is 11.7 Å². The molecule has 1 amide bonds. The molecule has 27 heavy (non-hydrogen) atoms. The molecule has 1 aromatic carbocycles. The Hall–Kier alpha value is -2.13. The molecule has 3 rings (SSSR count). The van der Waals surface area contributed by atoms with Crippen LogP contribution in [0.3, 0.4) is 0 Å². The number of nitrogens with zero attached hydrogens (tertiary/aromatic N) is 1. The molecule has 0 spiro atoms. The molecule has 6 nitrogen and oxygen atoms in total. The van der Waals surface area contributed by atoms with Crippen molar-refractivity contribution in [3.8, 4) is 0 Å². The van der Waals surface area contributed by atoms with E-state index in [4.69, 9.17) is 16.0 Å². The lowest BCUT2D eigenvalue weighted by molar-refractivity contribution is -0.134. The lowest BCUT2D eigenvalue weighted by atomic mass is 9.97. The average molecular weight is 384 g/mol. The van der Waals surface area contributed by atoms with Crippen molar-refractivity contribution in [1.82, 2.24) is 10.4 Å². The monoisotopic (exact) mass is 384 g/mol. The van der Waals surface area contributed by atoms with Crippen LogP contribution in [0.2, 0.25) is 0 Å². The molecule has 2 unspecified atom stereocenters. The number of hydroxylamine groups is 1. The Balaban J connectivity index is 1.67. The molecule has 1 saturated carbocycles. The molecule has 9 heteroatoms. The number of hydrogen-bond donors (Lipinski definition) is 3. The second-order valence-electron chi connectivity index (χ2n) is 7.17. The summed E-state index contributed by atoms with van der Waals surface area (Å²) in [5, 5.41) is 8.06. The summed E-state index contributed by atoms with van der Waals surface area (Å²) in [4.78, 5) is 19.5. The van der Waals surface area contributed by atoms with Crippen LogP contribution in [0.5, 0.6) is 0 Å². The Morgan fingerprint density at radius 1 is 1.33 bits per heavy atom. The number of fused-ring (bicyclic) bond motifs is 2. The molecule has 148 valence electrons. The van der Waals surface area contributed by atoms with E-state index in [9.17, 15) is 18.0 Å². The Bertz CT molecular complexity index is 746. The highest BCUT2D eigenvalue weighted by Crippen LogP contribution is 2.43. The number of halogens is 3. The van der Waals surface area contributed by atoms with Gasteiger partial charge in [0.1, 0.15) is 11.9 Å². The minimum atomic E-state index is -1.26. The van der Waals surface area contributed by atoms with E-state index in [0.29, 0.717) is 6.07 Å². The molecule has 4 atom stereocenters. The highest BCUT2D eigenvalue weighted by Gasteiger charge is 2.50. The lowest BCUT2D eigenvalue weighted by Gasteiger charge is -2.35. The summed E-state index contributed by atoms with van der Waals surface area (Å²) in [7, 11) is 1.54. The third kappa shape index (κ3) is 3.93. The van der Waals surface area contributed by atoms with Crippen LogP contribution in [0.25, 0.3) is 0 Å². The quantitative estimate of drug-likeness (QED) is 0.302. The predicted octanol–water partition coefficient (Wildman–Crippen LogP) is 1.87. The van der Waals surface area contributed by atoms with E-state index in [0.717, 1.165) is 25.3 Å². The normalized spacial score (nSPS) is 24.9. The maximum atomic E-state index is 13.8. The first kappa shape index (κ1) is 19.6. The molecule has 1 aromatic rings. The summed E-state index contributed by atoms with van der Waals surface area (Å²) < 4.78 is 40.2. The summed E-state index contributed by atoms with van der Waals surface area (Å²) in [6, 6.07) is 0.101. The zero-order valence-electron chi connectivity index (χ0n) is 15.0.